The maximum absolute atomic E-state index is 9.23. The summed E-state index contributed by atoms with van der Waals surface area (Å²) in [5.41, 5.74) is 1.23. The molecular formula is C16H21NO. The Hall–Kier alpha value is -1.54. The summed E-state index contributed by atoms with van der Waals surface area (Å²) >= 11 is 0. The van der Waals surface area contributed by atoms with Crippen molar-refractivity contribution < 1.29 is 5.11 Å². The van der Waals surface area contributed by atoms with Crippen molar-refractivity contribution in [1.82, 2.24) is 0 Å². The number of hydrogen-bond donors (Lipinski definition) is 1. The monoisotopic (exact) mass is 243 g/mol. The maximum atomic E-state index is 9.23. The molecule has 2 rings (SSSR count). The van der Waals surface area contributed by atoms with Crippen molar-refractivity contribution in [3.8, 4) is 0 Å². The number of hydrogen-bond acceptors (Lipinski definition) is 2. The summed E-state index contributed by atoms with van der Waals surface area (Å²) in [6.45, 7) is 4.10. The van der Waals surface area contributed by atoms with Gasteiger partial charge < -0.3 is 10.0 Å². The smallest absolute Gasteiger partial charge is 0.0606 e. The molecular weight excluding hydrogens is 222 g/mol. The lowest BCUT2D eigenvalue weighted by Crippen LogP contribution is -2.27. The minimum atomic E-state index is 0.201. The minimum absolute atomic E-state index is 0.201. The molecule has 2 nitrogen and oxygen atoms in total. The van der Waals surface area contributed by atoms with Gasteiger partial charge in [0.15, 0.2) is 0 Å². The third kappa shape index (κ3) is 2.82. The first-order valence-electron chi connectivity index (χ1n) is 6.70. The first-order chi connectivity index (χ1) is 8.86. The zero-order valence-electron chi connectivity index (χ0n) is 11.0. The Morgan fingerprint density at radius 2 is 1.78 bits per heavy atom. The second kappa shape index (κ2) is 6.41. The van der Waals surface area contributed by atoms with E-state index in [1.807, 2.05) is 0 Å². The van der Waals surface area contributed by atoms with Crippen LogP contribution in [0, 0.1) is 0 Å². The number of nitrogens with zero attached hydrogens (tertiary/aromatic N) is 1. The fraction of sp³-hybridized carbons (Fsp3) is 0.375. The van der Waals surface area contributed by atoms with E-state index in [9.17, 15) is 5.11 Å². The highest BCUT2D eigenvalue weighted by Gasteiger charge is 2.08. The van der Waals surface area contributed by atoms with Crippen molar-refractivity contribution in [2.75, 3.05) is 24.6 Å². The average Bonchev–Trinajstić information content (AvgIpc) is 2.43. The summed E-state index contributed by atoms with van der Waals surface area (Å²) in [6.07, 6.45) is 2.33. The van der Waals surface area contributed by atoms with Crippen LogP contribution in [0.4, 0.5) is 5.69 Å². The Labute approximate surface area is 109 Å². The standard InChI is InChI=1S/C16H21NO/c1-2-3-11-17(12-13-18)16-10-6-8-14-7-4-5-9-15(14)16/h4-10,18H,2-3,11-13H2,1H3. The topological polar surface area (TPSA) is 23.5 Å². The number of fused-ring (bicyclic) bond motifs is 1. The number of rotatable bonds is 6. The van der Waals surface area contributed by atoms with E-state index >= 15 is 0 Å². The van der Waals surface area contributed by atoms with Crippen molar-refractivity contribution >= 4 is 16.5 Å². The van der Waals surface area contributed by atoms with Crippen LogP contribution in [0.3, 0.4) is 0 Å². The van der Waals surface area contributed by atoms with Gasteiger partial charge in [0.05, 0.1) is 6.61 Å². The van der Waals surface area contributed by atoms with Crippen molar-refractivity contribution in [1.29, 1.82) is 0 Å². The van der Waals surface area contributed by atoms with Gasteiger partial charge in [0.25, 0.3) is 0 Å². The van der Waals surface area contributed by atoms with Gasteiger partial charge in [-0.1, -0.05) is 49.7 Å². The van der Waals surface area contributed by atoms with Gasteiger partial charge in [0.2, 0.25) is 0 Å². The van der Waals surface area contributed by atoms with Gasteiger partial charge in [-0.25, -0.2) is 0 Å². The van der Waals surface area contributed by atoms with E-state index in [1.165, 1.54) is 22.9 Å². The highest BCUT2D eigenvalue weighted by atomic mass is 16.3. The van der Waals surface area contributed by atoms with E-state index in [2.05, 4.69) is 54.3 Å². The summed E-state index contributed by atoms with van der Waals surface area (Å²) < 4.78 is 0. The van der Waals surface area contributed by atoms with Crippen LogP contribution in [-0.4, -0.2) is 24.8 Å². The summed E-state index contributed by atoms with van der Waals surface area (Å²) in [5.74, 6) is 0. The normalized spacial score (nSPS) is 10.8. The van der Waals surface area contributed by atoms with Crippen LogP contribution in [0.15, 0.2) is 42.5 Å². The third-order valence-corrected chi connectivity index (χ3v) is 3.26. The van der Waals surface area contributed by atoms with E-state index in [4.69, 9.17) is 0 Å². The molecule has 1 N–H and O–H groups in total. The Morgan fingerprint density at radius 1 is 1.00 bits per heavy atom. The summed E-state index contributed by atoms with van der Waals surface area (Å²) in [7, 11) is 0. The van der Waals surface area contributed by atoms with Crippen LogP contribution in [0.1, 0.15) is 19.8 Å². The van der Waals surface area contributed by atoms with Crippen molar-refractivity contribution in [2.24, 2.45) is 0 Å². The molecule has 0 heterocycles. The molecule has 0 aromatic heterocycles. The second-order valence-electron chi connectivity index (χ2n) is 4.56. The first kappa shape index (κ1) is 12.9. The first-order valence-corrected chi connectivity index (χ1v) is 6.70. The molecule has 18 heavy (non-hydrogen) atoms. The number of benzene rings is 2. The van der Waals surface area contributed by atoms with Crippen molar-refractivity contribution in [2.45, 2.75) is 19.8 Å². The fourth-order valence-corrected chi connectivity index (χ4v) is 2.31. The molecule has 2 aromatic carbocycles. The third-order valence-electron chi connectivity index (χ3n) is 3.26. The molecule has 0 atom stereocenters. The molecule has 96 valence electrons. The molecule has 0 unspecified atom stereocenters. The predicted octanol–water partition coefficient (Wildman–Crippen LogP) is 3.44. The van der Waals surface area contributed by atoms with Crippen LogP contribution in [0.2, 0.25) is 0 Å². The average molecular weight is 243 g/mol. The number of anilines is 1. The lowest BCUT2D eigenvalue weighted by molar-refractivity contribution is 0.301. The number of aliphatic hydroxyl groups excluding tert-OH is 1. The molecule has 0 saturated carbocycles. The lowest BCUT2D eigenvalue weighted by atomic mass is 10.1. The van der Waals surface area contributed by atoms with Crippen molar-refractivity contribution in [3.05, 3.63) is 42.5 Å². The summed E-state index contributed by atoms with van der Waals surface area (Å²) in [6, 6.07) is 14.8. The molecule has 0 fully saturated rings. The maximum Gasteiger partial charge on any atom is 0.0606 e. The van der Waals surface area contributed by atoms with Gasteiger partial charge in [-0.2, -0.15) is 0 Å². The van der Waals surface area contributed by atoms with Crippen LogP contribution >= 0.6 is 0 Å². The molecule has 0 radical (unpaired) electrons. The second-order valence-corrected chi connectivity index (χ2v) is 4.56. The van der Waals surface area contributed by atoms with Crippen molar-refractivity contribution in [3.63, 3.8) is 0 Å². The Bertz CT molecular complexity index is 490. The fourth-order valence-electron chi connectivity index (χ4n) is 2.31. The highest BCUT2D eigenvalue weighted by Crippen LogP contribution is 2.26. The molecule has 2 aromatic rings. The Kier molecular flexibility index (Phi) is 4.59. The quantitative estimate of drug-likeness (QED) is 0.840. The minimum Gasteiger partial charge on any atom is -0.395 e. The Balaban J connectivity index is 2.36. The molecule has 0 aliphatic heterocycles. The zero-order valence-corrected chi connectivity index (χ0v) is 11.0. The lowest BCUT2D eigenvalue weighted by Gasteiger charge is -2.25. The van der Waals surface area contributed by atoms with Gasteiger partial charge >= 0.3 is 0 Å². The van der Waals surface area contributed by atoms with E-state index < -0.39 is 0 Å². The van der Waals surface area contributed by atoms with Crippen LogP contribution < -0.4 is 4.90 Å². The molecule has 0 bridgehead atoms. The van der Waals surface area contributed by atoms with Gasteiger partial charge in [-0.05, 0) is 17.9 Å². The van der Waals surface area contributed by atoms with Crippen LogP contribution in [0.25, 0.3) is 10.8 Å². The summed E-state index contributed by atoms with van der Waals surface area (Å²) in [5, 5.41) is 11.8. The SMILES string of the molecule is CCCCN(CCO)c1cccc2ccccc12. The van der Waals surface area contributed by atoms with Crippen LogP contribution in [-0.2, 0) is 0 Å². The van der Waals surface area contributed by atoms with E-state index in [0.717, 1.165) is 13.0 Å². The number of unbranched alkanes of at least 4 members (excludes halogenated alkanes) is 1. The van der Waals surface area contributed by atoms with E-state index in [1.54, 1.807) is 0 Å². The molecule has 0 amide bonds. The van der Waals surface area contributed by atoms with Gasteiger partial charge in [-0.3, -0.25) is 0 Å². The van der Waals surface area contributed by atoms with Gasteiger partial charge in [0, 0.05) is 24.2 Å². The summed E-state index contributed by atoms with van der Waals surface area (Å²) in [4.78, 5) is 2.28. The Morgan fingerprint density at radius 3 is 2.56 bits per heavy atom. The van der Waals surface area contributed by atoms with Gasteiger partial charge in [-0.15, -0.1) is 0 Å². The highest BCUT2D eigenvalue weighted by molar-refractivity contribution is 5.94. The molecule has 0 spiro atoms. The van der Waals surface area contributed by atoms with Crippen LogP contribution in [0.5, 0.6) is 0 Å². The molecule has 0 aliphatic rings. The van der Waals surface area contributed by atoms with E-state index in [0.29, 0.717) is 6.54 Å². The number of aliphatic hydroxyl groups is 1. The largest absolute Gasteiger partial charge is 0.395 e. The van der Waals surface area contributed by atoms with Gasteiger partial charge in [0.1, 0.15) is 0 Å². The van der Waals surface area contributed by atoms with E-state index in [-0.39, 0.29) is 6.61 Å². The molecule has 0 aliphatic carbocycles. The molecule has 2 heteroatoms. The molecule has 0 saturated heterocycles. The zero-order chi connectivity index (χ0) is 12.8. The predicted molar refractivity (Wildman–Crippen MR) is 78.2 cm³/mol.